The zero-order chi connectivity index (χ0) is 16.0. The van der Waals surface area contributed by atoms with E-state index in [2.05, 4.69) is 15.0 Å². The molecule has 0 saturated heterocycles. The van der Waals surface area contributed by atoms with Gasteiger partial charge in [-0.2, -0.15) is 0 Å². The Labute approximate surface area is 135 Å². The summed E-state index contributed by atoms with van der Waals surface area (Å²) in [6.45, 7) is 3.94. The van der Waals surface area contributed by atoms with E-state index in [1.165, 1.54) is 0 Å². The molecule has 23 heavy (non-hydrogen) atoms. The summed E-state index contributed by atoms with van der Waals surface area (Å²) in [7, 11) is 0. The van der Waals surface area contributed by atoms with E-state index < -0.39 is 0 Å². The molecule has 4 aromatic rings. The molecule has 1 N–H and O–H groups in total. The SMILES string of the molecule is CC(C)n1c(-c2cccs2)nn2c(-c3cnc[nH]3)cnc2c1=O. The second-order valence-corrected chi connectivity index (χ2v) is 6.36. The molecular formula is C15H14N6OS. The largest absolute Gasteiger partial charge is 0.343 e. The molecule has 0 saturated carbocycles. The van der Waals surface area contributed by atoms with Crippen molar-refractivity contribution in [2.75, 3.05) is 0 Å². The van der Waals surface area contributed by atoms with Gasteiger partial charge in [-0.05, 0) is 25.3 Å². The maximum atomic E-state index is 12.9. The van der Waals surface area contributed by atoms with Gasteiger partial charge in [0.1, 0.15) is 5.69 Å². The number of aromatic nitrogens is 6. The van der Waals surface area contributed by atoms with E-state index in [9.17, 15) is 4.79 Å². The van der Waals surface area contributed by atoms with Crippen LogP contribution in [0.5, 0.6) is 0 Å². The number of aromatic amines is 1. The van der Waals surface area contributed by atoms with Crippen LogP contribution in [0.25, 0.3) is 27.7 Å². The summed E-state index contributed by atoms with van der Waals surface area (Å²) in [6.07, 6.45) is 4.91. The maximum absolute atomic E-state index is 12.9. The Morgan fingerprint density at radius 1 is 1.30 bits per heavy atom. The molecule has 116 valence electrons. The summed E-state index contributed by atoms with van der Waals surface area (Å²) in [5.41, 5.74) is 1.64. The standard InChI is InChI=1S/C15H14N6OS/c1-9(2)20-13(12-4-3-5-23-12)19-21-11(10-6-16-8-18-10)7-17-14(21)15(20)22/h3-9H,1-2H3,(H,16,18). The zero-order valence-electron chi connectivity index (χ0n) is 12.6. The fourth-order valence-electron chi connectivity index (χ4n) is 2.57. The Morgan fingerprint density at radius 3 is 2.83 bits per heavy atom. The molecule has 0 spiro atoms. The highest BCUT2D eigenvalue weighted by atomic mass is 32.1. The zero-order valence-corrected chi connectivity index (χ0v) is 13.4. The minimum atomic E-state index is -0.149. The van der Waals surface area contributed by atoms with Crippen LogP contribution in [0.1, 0.15) is 19.9 Å². The van der Waals surface area contributed by atoms with Crippen molar-refractivity contribution in [3.63, 3.8) is 0 Å². The van der Waals surface area contributed by atoms with Crippen molar-refractivity contribution in [1.82, 2.24) is 29.1 Å². The average molecular weight is 326 g/mol. The van der Waals surface area contributed by atoms with Gasteiger partial charge in [0.15, 0.2) is 5.82 Å². The molecule has 0 amide bonds. The minimum absolute atomic E-state index is 0.00981. The summed E-state index contributed by atoms with van der Waals surface area (Å²) in [5.74, 6) is 0.645. The first-order valence-corrected chi connectivity index (χ1v) is 8.07. The number of hydrogen-bond acceptors (Lipinski definition) is 5. The Balaban J connectivity index is 2.09. The third-order valence-electron chi connectivity index (χ3n) is 3.60. The van der Waals surface area contributed by atoms with Gasteiger partial charge in [0.2, 0.25) is 5.65 Å². The number of nitrogens with zero attached hydrogens (tertiary/aromatic N) is 5. The summed E-state index contributed by atoms with van der Waals surface area (Å²) >= 11 is 1.55. The highest BCUT2D eigenvalue weighted by Crippen LogP contribution is 2.25. The molecule has 4 aromatic heterocycles. The second kappa shape index (κ2) is 5.17. The number of H-pyrrole nitrogens is 1. The predicted octanol–water partition coefficient (Wildman–Crippen LogP) is 2.59. The van der Waals surface area contributed by atoms with Gasteiger partial charge >= 0.3 is 0 Å². The van der Waals surface area contributed by atoms with Crippen LogP contribution in [-0.2, 0) is 0 Å². The number of imidazole rings is 2. The first-order valence-electron chi connectivity index (χ1n) is 7.19. The molecule has 0 radical (unpaired) electrons. The van der Waals surface area contributed by atoms with Crippen LogP contribution in [-0.4, -0.2) is 29.1 Å². The quantitative estimate of drug-likeness (QED) is 0.627. The van der Waals surface area contributed by atoms with E-state index in [4.69, 9.17) is 5.10 Å². The average Bonchev–Trinajstić information content (AvgIpc) is 3.27. The van der Waals surface area contributed by atoms with Gasteiger partial charge in [0, 0.05) is 6.04 Å². The number of hydrogen-bond donors (Lipinski definition) is 1. The molecule has 0 bridgehead atoms. The van der Waals surface area contributed by atoms with Crippen LogP contribution in [0.4, 0.5) is 0 Å². The van der Waals surface area contributed by atoms with Crippen LogP contribution in [0.2, 0.25) is 0 Å². The van der Waals surface area contributed by atoms with E-state index >= 15 is 0 Å². The lowest BCUT2D eigenvalue weighted by molar-refractivity contribution is 0.567. The second-order valence-electron chi connectivity index (χ2n) is 5.41. The first kappa shape index (κ1) is 13.9. The molecular weight excluding hydrogens is 312 g/mol. The van der Waals surface area contributed by atoms with Crippen molar-refractivity contribution in [1.29, 1.82) is 0 Å². The van der Waals surface area contributed by atoms with Crippen molar-refractivity contribution in [3.05, 3.63) is 46.6 Å². The van der Waals surface area contributed by atoms with Crippen molar-refractivity contribution in [2.24, 2.45) is 0 Å². The third-order valence-corrected chi connectivity index (χ3v) is 4.47. The summed E-state index contributed by atoms with van der Waals surface area (Å²) < 4.78 is 3.27. The Bertz CT molecular complexity index is 1010. The van der Waals surface area contributed by atoms with Crippen LogP contribution in [0.3, 0.4) is 0 Å². The van der Waals surface area contributed by atoms with Crippen molar-refractivity contribution in [2.45, 2.75) is 19.9 Å². The number of fused-ring (bicyclic) bond motifs is 1. The van der Waals surface area contributed by atoms with Crippen LogP contribution < -0.4 is 5.56 Å². The molecule has 0 aliphatic rings. The van der Waals surface area contributed by atoms with Crippen LogP contribution in [0.15, 0.2) is 41.0 Å². The highest BCUT2D eigenvalue weighted by Gasteiger charge is 2.19. The van der Waals surface area contributed by atoms with E-state index in [0.717, 1.165) is 10.6 Å². The van der Waals surface area contributed by atoms with Gasteiger partial charge in [0.25, 0.3) is 5.56 Å². The van der Waals surface area contributed by atoms with E-state index in [0.29, 0.717) is 17.2 Å². The summed E-state index contributed by atoms with van der Waals surface area (Å²) in [6, 6.07) is 3.90. The monoisotopic (exact) mass is 326 g/mol. The van der Waals surface area contributed by atoms with Crippen molar-refractivity contribution >= 4 is 17.0 Å². The van der Waals surface area contributed by atoms with E-state index in [1.54, 1.807) is 39.1 Å². The summed E-state index contributed by atoms with van der Waals surface area (Å²) in [5, 5.41) is 6.67. The predicted molar refractivity (Wildman–Crippen MR) is 88.5 cm³/mol. The Kier molecular flexibility index (Phi) is 3.12. The molecule has 0 unspecified atom stereocenters. The fourth-order valence-corrected chi connectivity index (χ4v) is 3.28. The topological polar surface area (TPSA) is 80.9 Å². The smallest absolute Gasteiger partial charge is 0.297 e. The van der Waals surface area contributed by atoms with Gasteiger partial charge in [-0.1, -0.05) is 6.07 Å². The van der Waals surface area contributed by atoms with Gasteiger partial charge in [-0.15, -0.1) is 16.4 Å². The molecule has 8 heteroatoms. The lowest BCUT2D eigenvalue weighted by Gasteiger charge is -2.14. The molecule has 4 rings (SSSR count). The number of thiophene rings is 1. The maximum Gasteiger partial charge on any atom is 0.297 e. The lowest BCUT2D eigenvalue weighted by atomic mass is 10.3. The van der Waals surface area contributed by atoms with Crippen LogP contribution >= 0.6 is 11.3 Å². The van der Waals surface area contributed by atoms with E-state index in [1.807, 2.05) is 31.4 Å². The van der Waals surface area contributed by atoms with E-state index in [-0.39, 0.29) is 11.6 Å². The number of rotatable bonds is 3. The molecule has 0 aromatic carbocycles. The lowest BCUT2D eigenvalue weighted by Crippen LogP contribution is -2.27. The molecule has 0 fully saturated rings. The third kappa shape index (κ3) is 2.10. The summed E-state index contributed by atoms with van der Waals surface area (Å²) in [4.78, 5) is 25.1. The molecule has 4 heterocycles. The Hall–Kier alpha value is -2.74. The van der Waals surface area contributed by atoms with Gasteiger partial charge in [-0.25, -0.2) is 14.5 Å². The van der Waals surface area contributed by atoms with Crippen molar-refractivity contribution < 1.29 is 0 Å². The molecule has 0 aliphatic carbocycles. The first-order chi connectivity index (χ1) is 11.2. The molecule has 0 aliphatic heterocycles. The molecule has 0 atom stereocenters. The van der Waals surface area contributed by atoms with Gasteiger partial charge in [-0.3, -0.25) is 9.36 Å². The normalized spacial score (nSPS) is 11.6. The van der Waals surface area contributed by atoms with Gasteiger partial charge < -0.3 is 4.98 Å². The highest BCUT2D eigenvalue weighted by molar-refractivity contribution is 7.13. The van der Waals surface area contributed by atoms with Crippen molar-refractivity contribution in [3.8, 4) is 22.1 Å². The fraction of sp³-hybridized carbons (Fsp3) is 0.200. The Morgan fingerprint density at radius 2 is 2.17 bits per heavy atom. The molecule has 7 nitrogen and oxygen atoms in total. The van der Waals surface area contributed by atoms with Gasteiger partial charge in [0.05, 0.1) is 29.3 Å². The number of nitrogens with one attached hydrogen (secondary N) is 1. The van der Waals surface area contributed by atoms with Crippen LogP contribution in [0, 0.1) is 0 Å². The minimum Gasteiger partial charge on any atom is -0.343 e.